The number of hydrogen-bond donors (Lipinski definition) is 0. The lowest BCUT2D eigenvalue weighted by Gasteiger charge is -2.35. The van der Waals surface area contributed by atoms with Crippen molar-refractivity contribution in [3.05, 3.63) is 54.6 Å². The first-order valence-electron chi connectivity index (χ1n) is 9.67. The van der Waals surface area contributed by atoms with E-state index in [9.17, 15) is 21.6 Å². The topological polar surface area (TPSA) is 95.1 Å². The highest BCUT2D eigenvalue weighted by Crippen LogP contribution is 2.30. The molecule has 0 radical (unpaired) electrons. The van der Waals surface area contributed by atoms with Crippen molar-refractivity contribution in [2.24, 2.45) is 5.92 Å². The fourth-order valence-corrected chi connectivity index (χ4v) is 7.06. The maximum Gasteiger partial charge on any atom is 0.244 e. The molecular formula is C20H23N3O5S2. The molecule has 0 bridgehead atoms. The second-order valence-electron chi connectivity index (χ2n) is 7.50. The summed E-state index contributed by atoms with van der Waals surface area (Å²) in [4.78, 5) is 14.4. The second-order valence-corrected chi connectivity index (χ2v) is 11.3. The minimum atomic E-state index is -3.72. The predicted molar refractivity (Wildman–Crippen MR) is 114 cm³/mol. The molecule has 10 heteroatoms. The number of anilines is 2. The van der Waals surface area contributed by atoms with Gasteiger partial charge in [-0.3, -0.25) is 4.79 Å². The lowest BCUT2D eigenvalue weighted by molar-refractivity contribution is -0.119. The normalized spacial score (nSPS) is 22.4. The van der Waals surface area contributed by atoms with Gasteiger partial charge in [-0.05, 0) is 36.4 Å². The third kappa shape index (κ3) is 3.70. The molecular weight excluding hydrogens is 426 g/mol. The highest BCUT2D eigenvalue weighted by molar-refractivity contribution is 7.94. The quantitative estimate of drug-likeness (QED) is 0.702. The molecule has 2 heterocycles. The molecule has 0 aromatic heterocycles. The van der Waals surface area contributed by atoms with Crippen LogP contribution in [0.5, 0.6) is 0 Å². The molecule has 2 aromatic carbocycles. The SMILES string of the molecule is CC1CS(=O)(=O)N(c2ccc(S(=O)(=O)N3CCN(c4ccccc4)CC3)cc2)C1=O. The minimum Gasteiger partial charge on any atom is -0.369 e. The Balaban J connectivity index is 1.50. The molecule has 1 atom stereocenters. The molecule has 1 unspecified atom stereocenters. The third-order valence-corrected chi connectivity index (χ3v) is 9.21. The molecule has 0 saturated carbocycles. The van der Waals surface area contributed by atoms with Crippen molar-refractivity contribution in [3.8, 4) is 0 Å². The van der Waals surface area contributed by atoms with Gasteiger partial charge in [-0.25, -0.2) is 21.1 Å². The second kappa shape index (κ2) is 7.68. The highest BCUT2D eigenvalue weighted by Gasteiger charge is 2.42. The number of amides is 1. The number of para-hydroxylation sites is 1. The number of hydrogen-bond acceptors (Lipinski definition) is 6. The number of rotatable bonds is 4. The molecule has 2 aliphatic rings. The van der Waals surface area contributed by atoms with E-state index in [1.54, 1.807) is 6.92 Å². The van der Waals surface area contributed by atoms with Gasteiger partial charge in [-0.1, -0.05) is 25.1 Å². The molecule has 0 spiro atoms. The highest BCUT2D eigenvalue weighted by atomic mass is 32.2. The van der Waals surface area contributed by atoms with Crippen LogP contribution in [0.4, 0.5) is 11.4 Å². The monoisotopic (exact) mass is 449 g/mol. The number of benzene rings is 2. The van der Waals surface area contributed by atoms with Gasteiger partial charge in [0.05, 0.1) is 22.3 Å². The lowest BCUT2D eigenvalue weighted by atomic mass is 10.2. The Morgan fingerprint density at radius 2 is 1.47 bits per heavy atom. The van der Waals surface area contributed by atoms with Gasteiger partial charge < -0.3 is 4.90 Å². The van der Waals surface area contributed by atoms with Crippen molar-refractivity contribution in [1.29, 1.82) is 0 Å². The van der Waals surface area contributed by atoms with Gasteiger partial charge in [0, 0.05) is 31.9 Å². The summed E-state index contributed by atoms with van der Waals surface area (Å²) >= 11 is 0. The van der Waals surface area contributed by atoms with Crippen LogP contribution >= 0.6 is 0 Å². The van der Waals surface area contributed by atoms with E-state index in [1.165, 1.54) is 28.6 Å². The number of carbonyl (C=O) groups is 1. The summed E-state index contributed by atoms with van der Waals surface area (Å²) in [6.07, 6.45) is 0. The maximum atomic E-state index is 13.0. The van der Waals surface area contributed by atoms with Gasteiger partial charge >= 0.3 is 0 Å². The Morgan fingerprint density at radius 3 is 2.00 bits per heavy atom. The van der Waals surface area contributed by atoms with E-state index in [0.29, 0.717) is 26.2 Å². The van der Waals surface area contributed by atoms with Crippen LogP contribution in [0.15, 0.2) is 59.5 Å². The number of sulfonamides is 2. The zero-order valence-corrected chi connectivity index (χ0v) is 18.1. The molecule has 2 saturated heterocycles. The number of piperazine rings is 1. The summed E-state index contributed by atoms with van der Waals surface area (Å²) in [6.45, 7) is 3.44. The van der Waals surface area contributed by atoms with Crippen LogP contribution in [0.2, 0.25) is 0 Å². The van der Waals surface area contributed by atoms with Gasteiger partial charge in [0.15, 0.2) is 0 Å². The van der Waals surface area contributed by atoms with Gasteiger partial charge in [-0.15, -0.1) is 0 Å². The van der Waals surface area contributed by atoms with E-state index >= 15 is 0 Å². The average Bonchev–Trinajstić information content (AvgIpc) is 2.95. The summed E-state index contributed by atoms with van der Waals surface area (Å²) in [6, 6.07) is 15.3. The largest absolute Gasteiger partial charge is 0.369 e. The van der Waals surface area contributed by atoms with Gasteiger partial charge in [0.1, 0.15) is 0 Å². The summed E-state index contributed by atoms with van der Waals surface area (Å²) in [7, 11) is -7.43. The Kier molecular flexibility index (Phi) is 5.33. The van der Waals surface area contributed by atoms with Crippen LogP contribution in [0, 0.1) is 5.92 Å². The van der Waals surface area contributed by atoms with Crippen LogP contribution < -0.4 is 9.21 Å². The Morgan fingerprint density at radius 1 is 0.867 bits per heavy atom. The fourth-order valence-electron chi connectivity index (χ4n) is 3.81. The first-order valence-corrected chi connectivity index (χ1v) is 12.7. The van der Waals surface area contributed by atoms with Crippen molar-refractivity contribution in [1.82, 2.24) is 4.31 Å². The minimum absolute atomic E-state index is 0.0801. The van der Waals surface area contributed by atoms with Crippen molar-refractivity contribution in [3.63, 3.8) is 0 Å². The van der Waals surface area contributed by atoms with Crippen molar-refractivity contribution < 1.29 is 21.6 Å². The Bertz CT molecular complexity index is 1140. The molecule has 0 aliphatic carbocycles. The molecule has 8 nitrogen and oxygen atoms in total. The van der Waals surface area contributed by atoms with Crippen molar-refractivity contribution >= 4 is 37.3 Å². The Hall–Kier alpha value is -2.43. The van der Waals surface area contributed by atoms with E-state index < -0.39 is 31.9 Å². The van der Waals surface area contributed by atoms with Crippen LogP contribution in [-0.4, -0.2) is 59.0 Å². The van der Waals surface area contributed by atoms with Crippen LogP contribution in [0.3, 0.4) is 0 Å². The van der Waals surface area contributed by atoms with Gasteiger partial charge in [0.2, 0.25) is 26.0 Å². The third-order valence-electron chi connectivity index (χ3n) is 5.43. The van der Waals surface area contributed by atoms with Crippen molar-refractivity contribution in [2.75, 3.05) is 41.1 Å². The van der Waals surface area contributed by atoms with E-state index in [0.717, 1.165) is 9.99 Å². The van der Waals surface area contributed by atoms with Crippen LogP contribution in [0.25, 0.3) is 0 Å². The average molecular weight is 450 g/mol. The van der Waals surface area contributed by atoms with Crippen LogP contribution in [0.1, 0.15) is 6.92 Å². The van der Waals surface area contributed by atoms with Crippen LogP contribution in [-0.2, 0) is 24.8 Å². The number of nitrogens with zero attached hydrogens (tertiary/aromatic N) is 3. The van der Waals surface area contributed by atoms with E-state index in [-0.39, 0.29) is 16.3 Å². The standard InChI is InChI=1S/C20H23N3O5S2/c1-16-15-29(25,26)23(20(16)24)18-7-9-19(10-8-18)30(27,28)22-13-11-21(12-14-22)17-5-3-2-4-6-17/h2-10,16H,11-15H2,1H3. The molecule has 2 aromatic rings. The summed E-state index contributed by atoms with van der Waals surface area (Å²) in [5, 5.41) is 0. The molecule has 160 valence electrons. The fraction of sp³-hybridized carbons (Fsp3) is 0.350. The predicted octanol–water partition coefficient (Wildman–Crippen LogP) is 1.51. The van der Waals surface area contributed by atoms with E-state index in [2.05, 4.69) is 4.90 Å². The molecule has 2 aliphatic heterocycles. The van der Waals surface area contributed by atoms with E-state index in [4.69, 9.17) is 0 Å². The molecule has 1 amide bonds. The summed E-state index contributed by atoms with van der Waals surface area (Å²) in [5.74, 6) is -1.35. The maximum absolute atomic E-state index is 13.0. The first-order chi connectivity index (χ1) is 14.2. The van der Waals surface area contributed by atoms with Crippen molar-refractivity contribution in [2.45, 2.75) is 11.8 Å². The zero-order valence-electron chi connectivity index (χ0n) is 16.5. The molecule has 30 heavy (non-hydrogen) atoms. The van der Waals surface area contributed by atoms with Gasteiger partial charge in [-0.2, -0.15) is 4.31 Å². The van der Waals surface area contributed by atoms with E-state index in [1.807, 2.05) is 30.3 Å². The summed E-state index contributed by atoms with van der Waals surface area (Å²) in [5.41, 5.74) is 1.22. The number of carbonyl (C=O) groups excluding carboxylic acids is 1. The molecule has 0 N–H and O–H groups in total. The molecule has 2 fully saturated rings. The summed E-state index contributed by atoms with van der Waals surface area (Å²) < 4.78 is 52.7. The zero-order chi connectivity index (χ0) is 21.5. The molecule has 4 rings (SSSR count). The lowest BCUT2D eigenvalue weighted by Crippen LogP contribution is -2.48. The van der Waals surface area contributed by atoms with Gasteiger partial charge in [0.25, 0.3) is 0 Å². The first kappa shape index (κ1) is 20.8. The Labute approximate surface area is 176 Å². The smallest absolute Gasteiger partial charge is 0.244 e.